The number of fused-ring (bicyclic) bond motifs is 3. The summed E-state index contributed by atoms with van der Waals surface area (Å²) in [5.41, 5.74) is 2.34. The van der Waals surface area contributed by atoms with Crippen molar-refractivity contribution in [2.75, 3.05) is 41.7 Å². The Kier molecular flexibility index (Phi) is 7.23. The molecule has 0 radical (unpaired) electrons. The number of hydrogen-bond acceptors (Lipinski definition) is 7. The van der Waals surface area contributed by atoms with E-state index in [4.69, 9.17) is 11.6 Å². The van der Waals surface area contributed by atoms with E-state index in [1.807, 2.05) is 17.0 Å². The Bertz CT molecular complexity index is 1680. The van der Waals surface area contributed by atoms with E-state index in [0.29, 0.717) is 39.5 Å². The van der Waals surface area contributed by atoms with Gasteiger partial charge in [0, 0.05) is 30.1 Å². The minimum atomic E-state index is -0.651. The number of para-hydroxylation sites is 2. The number of urea groups is 1. The molecule has 1 spiro atoms. The molecule has 12 heteroatoms. The lowest BCUT2D eigenvalue weighted by Gasteiger charge is -2.42. The van der Waals surface area contributed by atoms with Crippen LogP contribution in [-0.2, 0) is 5.41 Å². The van der Waals surface area contributed by atoms with Gasteiger partial charge in [-0.2, -0.15) is 4.39 Å². The third-order valence-corrected chi connectivity index (χ3v) is 9.08. The van der Waals surface area contributed by atoms with E-state index in [2.05, 4.69) is 46.3 Å². The number of likely N-dealkylation sites (tertiary alicyclic amines) is 1. The minimum absolute atomic E-state index is 0.0265. The van der Waals surface area contributed by atoms with Crippen LogP contribution < -0.4 is 15.5 Å². The van der Waals surface area contributed by atoms with Gasteiger partial charge in [-0.05, 0) is 55.6 Å². The number of halogens is 3. The van der Waals surface area contributed by atoms with Gasteiger partial charge in [0.1, 0.15) is 21.9 Å². The Morgan fingerprint density at radius 3 is 2.60 bits per heavy atom. The van der Waals surface area contributed by atoms with E-state index in [1.165, 1.54) is 12.1 Å². The smallest absolute Gasteiger partial charge is 0.325 e. The van der Waals surface area contributed by atoms with Gasteiger partial charge in [-0.1, -0.05) is 55.8 Å². The molecule has 2 aliphatic heterocycles. The molecule has 0 saturated carbocycles. The number of carbonyl (C=O) groups excluding carboxylic acids is 1. The van der Waals surface area contributed by atoms with Gasteiger partial charge in [-0.15, -0.1) is 0 Å². The first-order valence-electron chi connectivity index (χ1n) is 13.7. The molecule has 8 nitrogen and oxygen atoms in total. The van der Waals surface area contributed by atoms with Crippen molar-refractivity contribution in [2.24, 2.45) is 5.41 Å². The lowest BCUT2D eigenvalue weighted by Crippen LogP contribution is -2.47. The lowest BCUT2D eigenvalue weighted by atomic mass is 9.73. The third kappa shape index (κ3) is 5.36. The second-order valence-corrected chi connectivity index (χ2v) is 13.5. The average Bonchev–Trinajstić information content (AvgIpc) is 3.46. The predicted octanol–water partition coefficient (Wildman–Crippen LogP) is 7.50. The van der Waals surface area contributed by atoms with Gasteiger partial charge < -0.3 is 20.2 Å². The SMILES string of the molecule is CC(C)(C)CN1CCC2(CC1)CN(c1ccccc1NC(=O)Nc1nc3ccc(F)nc3s1)c1c(O)cc(F)c(Cl)c12. The maximum atomic E-state index is 14.9. The number of aromatic nitrogens is 2. The standard InChI is InChI=1S/C30H31ClF2N6O2S/c1-29(2,3)15-38-12-10-30(11-13-38)16-39(25-21(40)14-17(32)24(31)23(25)30)20-7-5-4-6-18(20)34-27(41)37-28-35-19-8-9-22(33)36-26(19)42-28/h4-9,14,40H,10-13,15-16H2,1-3H3,(H2,34,35,37,41). The minimum Gasteiger partial charge on any atom is -0.506 e. The molecule has 4 heterocycles. The number of aromatic hydroxyl groups is 1. The van der Waals surface area contributed by atoms with E-state index in [0.717, 1.165) is 49.9 Å². The second kappa shape index (κ2) is 10.6. The van der Waals surface area contributed by atoms with Crippen molar-refractivity contribution >= 4 is 61.5 Å². The summed E-state index contributed by atoms with van der Waals surface area (Å²) in [4.78, 5) is 25.9. The average molecular weight is 613 g/mol. The highest BCUT2D eigenvalue weighted by Gasteiger charge is 2.49. The molecule has 6 rings (SSSR count). The van der Waals surface area contributed by atoms with Crippen LogP contribution in [0.5, 0.6) is 5.75 Å². The van der Waals surface area contributed by atoms with Gasteiger partial charge in [0.15, 0.2) is 5.13 Å². The second-order valence-electron chi connectivity index (χ2n) is 12.2. The largest absolute Gasteiger partial charge is 0.506 e. The fourth-order valence-corrected chi connectivity index (χ4v) is 7.32. The van der Waals surface area contributed by atoms with Gasteiger partial charge in [-0.3, -0.25) is 5.32 Å². The fourth-order valence-electron chi connectivity index (χ4n) is 6.16. The van der Waals surface area contributed by atoms with Gasteiger partial charge in [0.2, 0.25) is 5.95 Å². The van der Waals surface area contributed by atoms with Gasteiger partial charge in [-0.25, -0.2) is 19.2 Å². The summed E-state index contributed by atoms with van der Waals surface area (Å²) in [7, 11) is 0. The molecule has 3 N–H and O–H groups in total. The first kappa shape index (κ1) is 28.6. The molecule has 1 saturated heterocycles. The molecule has 2 aliphatic rings. The number of hydrogen-bond donors (Lipinski definition) is 3. The molecule has 0 aliphatic carbocycles. The fraction of sp³-hybridized carbons (Fsp3) is 0.367. The van der Waals surface area contributed by atoms with E-state index in [-0.39, 0.29) is 21.3 Å². The number of carbonyl (C=O) groups is 1. The summed E-state index contributed by atoms with van der Waals surface area (Å²) in [6, 6.07) is 10.4. The van der Waals surface area contributed by atoms with Crippen LogP contribution in [0.3, 0.4) is 0 Å². The number of nitrogens with one attached hydrogen (secondary N) is 2. The first-order chi connectivity index (χ1) is 19.9. The Morgan fingerprint density at radius 2 is 1.86 bits per heavy atom. The number of anilines is 4. The molecule has 0 unspecified atom stereocenters. The number of thiazole rings is 1. The summed E-state index contributed by atoms with van der Waals surface area (Å²) in [5.74, 6) is -1.47. The van der Waals surface area contributed by atoms with Crippen LogP contribution in [0.4, 0.5) is 35.8 Å². The molecule has 0 bridgehead atoms. The summed E-state index contributed by atoms with van der Waals surface area (Å²) in [6.07, 6.45) is 1.50. The van der Waals surface area contributed by atoms with Crippen LogP contribution in [0.1, 0.15) is 39.2 Å². The molecule has 42 heavy (non-hydrogen) atoms. The predicted molar refractivity (Wildman–Crippen MR) is 163 cm³/mol. The zero-order chi connectivity index (χ0) is 29.8. The molecular formula is C30H31ClF2N6O2S. The number of benzene rings is 2. The molecule has 0 atom stereocenters. The van der Waals surface area contributed by atoms with E-state index >= 15 is 0 Å². The van der Waals surface area contributed by atoms with Crippen LogP contribution in [0.25, 0.3) is 10.3 Å². The summed E-state index contributed by atoms with van der Waals surface area (Å²) < 4.78 is 28.4. The molecule has 2 aromatic carbocycles. The topological polar surface area (TPSA) is 93.6 Å². The maximum Gasteiger partial charge on any atom is 0.325 e. The number of nitrogens with zero attached hydrogens (tertiary/aromatic N) is 4. The third-order valence-electron chi connectivity index (χ3n) is 7.83. The highest BCUT2D eigenvalue weighted by atomic mass is 35.5. The van der Waals surface area contributed by atoms with Crippen LogP contribution in [0.2, 0.25) is 5.02 Å². The van der Waals surface area contributed by atoms with E-state index < -0.39 is 23.2 Å². The van der Waals surface area contributed by atoms with Crippen molar-refractivity contribution in [3.05, 3.63) is 64.8 Å². The number of piperidine rings is 1. The van der Waals surface area contributed by atoms with Crippen molar-refractivity contribution < 1.29 is 18.7 Å². The first-order valence-corrected chi connectivity index (χ1v) is 14.9. The molecule has 220 valence electrons. The Hall–Kier alpha value is -3.54. The van der Waals surface area contributed by atoms with Gasteiger partial charge in [0.25, 0.3) is 0 Å². The van der Waals surface area contributed by atoms with Crippen molar-refractivity contribution in [3.63, 3.8) is 0 Å². The zero-order valence-corrected chi connectivity index (χ0v) is 25.0. The number of phenols is 1. The van der Waals surface area contributed by atoms with Crippen LogP contribution >= 0.6 is 22.9 Å². The summed E-state index contributed by atoms with van der Waals surface area (Å²) in [5, 5.41) is 16.9. The number of rotatable bonds is 4. The summed E-state index contributed by atoms with van der Waals surface area (Å²) >= 11 is 7.71. The molecular weight excluding hydrogens is 582 g/mol. The van der Waals surface area contributed by atoms with Gasteiger partial charge in [0.05, 0.1) is 22.1 Å². The zero-order valence-electron chi connectivity index (χ0n) is 23.5. The lowest BCUT2D eigenvalue weighted by molar-refractivity contribution is 0.125. The van der Waals surface area contributed by atoms with Crippen molar-refractivity contribution in [1.29, 1.82) is 0 Å². The van der Waals surface area contributed by atoms with Crippen LogP contribution in [0.15, 0.2) is 42.5 Å². The number of phenolic OH excluding ortho intramolecular Hbond substituents is 1. The Labute approximate surface area is 251 Å². The Balaban J connectivity index is 1.30. The number of amides is 2. The number of pyridine rings is 1. The van der Waals surface area contributed by atoms with Gasteiger partial charge >= 0.3 is 6.03 Å². The monoisotopic (exact) mass is 612 g/mol. The maximum absolute atomic E-state index is 14.9. The van der Waals surface area contributed by atoms with Crippen molar-refractivity contribution in [2.45, 2.75) is 39.0 Å². The highest BCUT2D eigenvalue weighted by molar-refractivity contribution is 7.21. The quantitative estimate of drug-likeness (QED) is 0.207. The molecule has 2 aromatic heterocycles. The molecule has 4 aromatic rings. The van der Waals surface area contributed by atoms with E-state index in [1.54, 1.807) is 12.1 Å². The molecule has 1 fully saturated rings. The highest BCUT2D eigenvalue weighted by Crippen LogP contribution is 2.57. The normalized spacial score (nSPS) is 16.7. The Morgan fingerprint density at radius 1 is 1.12 bits per heavy atom. The summed E-state index contributed by atoms with van der Waals surface area (Å²) in [6.45, 7) is 9.69. The van der Waals surface area contributed by atoms with E-state index in [9.17, 15) is 18.7 Å². The van der Waals surface area contributed by atoms with Crippen LogP contribution in [0, 0.1) is 17.2 Å². The van der Waals surface area contributed by atoms with Crippen LogP contribution in [-0.4, -0.2) is 52.2 Å². The van der Waals surface area contributed by atoms with Crippen molar-refractivity contribution in [1.82, 2.24) is 14.9 Å². The molecule has 2 amide bonds. The van der Waals surface area contributed by atoms with Crippen molar-refractivity contribution in [3.8, 4) is 5.75 Å².